The summed E-state index contributed by atoms with van der Waals surface area (Å²) in [5, 5.41) is 2.97. The monoisotopic (exact) mass is 391 g/mol. The summed E-state index contributed by atoms with van der Waals surface area (Å²) in [5.74, 6) is -0.815. The van der Waals surface area contributed by atoms with Crippen molar-refractivity contribution < 1.29 is 14.4 Å². The molecule has 158 valence electrons. The molecule has 1 heterocycles. The van der Waals surface area contributed by atoms with Crippen LogP contribution in [0.4, 0.5) is 0 Å². The molecule has 6 heteroatoms. The van der Waals surface area contributed by atoms with Crippen molar-refractivity contribution in [1.82, 2.24) is 10.2 Å². The first-order chi connectivity index (χ1) is 13.3. The number of hydrogen-bond acceptors (Lipinski definition) is 3. The number of amides is 3. The molecule has 1 saturated carbocycles. The standard InChI is InChI=1S/C22H37N3O3/c1-4-7-17(20(23)26)18(14-15(2)3)21(27)24-19-8-5-6-12-25(22(19)28)13-11-16-9-10-16/h4,15-19H,1,5-14H2,2-3H3,(H2,23,26)(H,24,27)/t17-,18+,19-/m0/s1. The van der Waals surface area contributed by atoms with Gasteiger partial charge in [0.2, 0.25) is 17.7 Å². The molecule has 2 fully saturated rings. The molecule has 0 aromatic rings. The van der Waals surface area contributed by atoms with Crippen molar-refractivity contribution in [3.8, 4) is 0 Å². The van der Waals surface area contributed by atoms with Crippen molar-refractivity contribution in [3.05, 3.63) is 12.7 Å². The molecule has 6 nitrogen and oxygen atoms in total. The fraction of sp³-hybridized carbons (Fsp3) is 0.773. The van der Waals surface area contributed by atoms with Crippen molar-refractivity contribution in [3.63, 3.8) is 0 Å². The third-order valence-electron chi connectivity index (χ3n) is 5.94. The summed E-state index contributed by atoms with van der Waals surface area (Å²) in [6.45, 7) is 9.28. The molecule has 0 bridgehead atoms. The maximum atomic E-state index is 13.1. The van der Waals surface area contributed by atoms with Gasteiger partial charge in [0.1, 0.15) is 6.04 Å². The van der Waals surface area contributed by atoms with Gasteiger partial charge in [-0.3, -0.25) is 14.4 Å². The zero-order valence-electron chi connectivity index (χ0n) is 17.5. The SMILES string of the molecule is C=CC[C@H](C(N)=O)[C@@H](CC(C)C)C(=O)N[C@H]1CCCCN(CCC2CC2)C1=O. The van der Waals surface area contributed by atoms with Crippen LogP contribution in [0.1, 0.15) is 65.2 Å². The minimum absolute atomic E-state index is 0.0224. The molecule has 0 radical (unpaired) electrons. The van der Waals surface area contributed by atoms with E-state index in [0.29, 0.717) is 19.3 Å². The fourth-order valence-corrected chi connectivity index (χ4v) is 4.10. The van der Waals surface area contributed by atoms with Crippen molar-refractivity contribution >= 4 is 17.7 Å². The number of rotatable bonds is 11. The maximum absolute atomic E-state index is 13.1. The van der Waals surface area contributed by atoms with Crippen LogP contribution in [0.25, 0.3) is 0 Å². The summed E-state index contributed by atoms with van der Waals surface area (Å²) in [6.07, 6.45) is 8.70. The molecule has 2 rings (SSSR count). The number of hydrogen-bond donors (Lipinski definition) is 2. The summed E-state index contributed by atoms with van der Waals surface area (Å²) in [6, 6.07) is -0.499. The molecule has 0 aromatic heterocycles. The molecule has 3 N–H and O–H groups in total. The molecule has 1 aliphatic carbocycles. The van der Waals surface area contributed by atoms with E-state index in [9.17, 15) is 14.4 Å². The Bertz CT molecular complexity index is 571. The lowest BCUT2D eigenvalue weighted by molar-refractivity contribution is -0.139. The van der Waals surface area contributed by atoms with Crippen LogP contribution in [0.3, 0.4) is 0 Å². The Morgan fingerprint density at radius 3 is 2.54 bits per heavy atom. The molecule has 28 heavy (non-hydrogen) atoms. The van der Waals surface area contributed by atoms with Crippen LogP contribution in [0.2, 0.25) is 0 Å². The summed E-state index contributed by atoms with van der Waals surface area (Å²) in [4.78, 5) is 40.0. The van der Waals surface area contributed by atoms with E-state index in [4.69, 9.17) is 5.73 Å². The molecule has 0 unspecified atom stereocenters. The first-order valence-corrected chi connectivity index (χ1v) is 10.8. The van der Waals surface area contributed by atoms with Gasteiger partial charge in [0.05, 0.1) is 11.8 Å². The number of carbonyl (C=O) groups is 3. The molecule has 3 atom stereocenters. The van der Waals surface area contributed by atoms with E-state index < -0.39 is 23.8 Å². The molecule has 0 spiro atoms. The predicted octanol–water partition coefficient (Wildman–Crippen LogP) is 2.62. The first kappa shape index (κ1) is 22.4. The van der Waals surface area contributed by atoms with Crippen LogP contribution in [-0.2, 0) is 14.4 Å². The lowest BCUT2D eigenvalue weighted by Gasteiger charge is -2.29. The Balaban J connectivity index is 2.06. The summed E-state index contributed by atoms with van der Waals surface area (Å²) >= 11 is 0. The van der Waals surface area contributed by atoms with Crippen molar-refractivity contribution in [1.29, 1.82) is 0 Å². The average Bonchev–Trinajstić information content (AvgIpc) is 3.46. The molecule has 0 aromatic carbocycles. The molecule has 3 amide bonds. The van der Waals surface area contributed by atoms with Crippen LogP contribution in [0, 0.1) is 23.7 Å². The molecule has 2 aliphatic rings. The maximum Gasteiger partial charge on any atom is 0.245 e. The molecule has 1 aliphatic heterocycles. The smallest absolute Gasteiger partial charge is 0.245 e. The number of allylic oxidation sites excluding steroid dienone is 1. The summed E-state index contributed by atoms with van der Waals surface area (Å²) in [5.41, 5.74) is 5.58. The van der Waals surface area contributed by atoms with Gasteiger partial charge in [-0.25, -0.2) is 0 Å². The van der Waals surface area contributed by atoms with Crippen LogP contribution in [0.15, 0.2) is 12.7 Å². The third kappa shape index (κ3) is 6.64. The van der Waals surface area contributed by atoms with E-state index >= 15 is 0 Å². The molecular weight excluding hydrogens is 354 g/mol. The predicted molar refractivity (Wildman–Crippen MR) is 110 cm³/mol. The highest BCUT2D eigenvalue weighted by atomic mass is 16.2. The van der Waals surface area contributed by atoms with Gasteiger partial charge in [-0.1, -0.05) is 32.8 Å². The van der Waals surface area contributed by atoms with Crippen LogP contribution in [0.5, 0.6) is 0 Å². The topological polar surface area (TPSA) is 92.5 Å². The minimum Gasteiger partial charge on any atom is -0.369 e. The van der Waals surface area contributed by atoms with Gasteiger partial charge < -0.3 is 16.0 Å². The third-order valence-corrected chi connectivity index (χ3v) is 5.94. The highest BCUT2D eigenvalue weighted by molar-refractivity contribution is 5.91. The summed E-state index contributed by atoms with van der Waals surface area (Å²) < 4.78 is 0. The lowest BCUT2D eigenvalue weighted by Crippen LogP contribution is -2.51. The van der Waals surface area contributed by atoms with E-state index in [1.165, 1.54) is 12.8 Å². The Morgan fingerprint density at radius 2 is 1.96 bits per heavy atom. The Labute approximate surface area is 169 Å². The Kier molecular flexibility index (Phi) is 8.52. The number of nitrogens with two attached hydrogens (primary N) is 1. The second-order valence-corrected chi connectivity index (χ2v) is 8.88. The van der Waals surface area contributed by atoms with Gasteiger partial charge >= 0.3 is 0 Å². The summed E-state index contributed by atoms with van der Waals surface area (Å²) in [7, 11) is 0. The number of likely N-dealkylation sites (tertiary alicyclic amines) is 1. The zero-order chi connectivity index (χ0) is 20.7. The van der Waals surface area contributed by atoms with Gasteiger partial charge in [0.25, 0.3) is 0 Å². The van der Waals surface area contributed by atoms with Crippen molar-refractivity contribution in [2.24, 2.45) is 29.4 Å². The van der Waals surface area contributed by atoms with Gasteiger partial charge in [-0.05, 0) is 50.4 Å². The Morgan fingerprint density at radius 1 is 1.25 bits per heavy atom. The number of primary amides is 1. The van der Waals surface area contributed by atoms with Crippen LogP contribution in [-0.4, -0.2) is 41.8 Å². The minimum atomic E-state index is -0.591. The van der Waals surface area contributed by atoms with Gasteiger partial charge in [-0.2, -0.15) is 0 Å². The van der Waals surface area contributed by atoms with Crippen molar-refractivity contribution in [2.75, 3.05) is 13.1 Å². The average molecular weight is 392 g/mol. The van der Waals surface area contributed by atoms with Crippen molar-refractivity contribution in [2.45, 2.75) is 71.3 Å². The first-order valence-electron chi connectivity index (χ1n) is 10.8. The van der Waals surface area contributed by atoms with Crippen LogP contribution < -0.4 is 11.1 Å². The second kappa shape index (κ2) is 10.6. The normalized spacial score (nSPS) is 22.5. The van der Waals surface area contributed by atoms with Gasteiger partial charge in [0.15, 0.2) is 0 Å². The largest absolute Gasteiger partial charge is 0.369 e. The number of nitrogens with one attached hydrogen (secondary N) is 1. The van der Waals surface area contributed by atoms with E-state index in [1.54, 1.807) is 6.08 Å². The molecular formula is C22H37N3O3. The van der Waals surface area contributed by atoms with E-state index in [1.807, 2.05) is 18.7 Å². The quantitative estimate of drug-likeness (QED) is 0.530. The van der Waals surface area contributed by atoms with E-state index in [-0.39, 0.29) is 17.7 Å². The molecule has 1 saturated heterocycles. The van der Waals surface area contributed by atoms with Gasteiger partial charge in [-0.15, -0.1) is 6.58 Å². The van der Waals surface area contributed by atoms with Gasteiger partial charge in [0, 0.05) is 13.1 Å². The van der Waals surface area contributed by atoms with Crippen LogP contribution >= 0.6 is 0 Å². The van der Waals surface area contributed by atoms with E-state index in [2.05, 4.69) is 11.9 Å². The lowest BCUT2D eigenvalue weighted by atomic mass is 9.82. The Hall–Kier alpha value is -1.85. The number of carbonyl (C=O) groups excluding carboxylic acids is 3. The fourth-order valence-electron chi connectivity index (χ4n) is 4.10. The zero-order valence-corrected chi connectivity index (χ0v) is 17.5. The highest BCUT2D eigenvalue weighted by Gasteiger charge is 2.36. The van der Waals surface area contributed by atoms with E-state index in [0.717, 1.165) is 38.3 Å². The highest BCUT2D eigenvalue weighted by Crippen LogP contribution is 2.32. The second-order valence-electron chi connectivity index (χ2n) is 8.88. The number of nitrogens with zero attached hydrogens (tertiary/aromatic N) is 1.